The summed E-state index contributed by atoms with van der Waals surface area (Å²) in [7, 11) is 0. The predicted octanol–water partition coefficient (Wildman–Crippen LogP) is 3.17. The van der Waals surface area contributed by atoms with Gasteiger partial charge in [0.1, 0.15) is 5.65 Å². The Balaban J connectivity index is 1.99. The van der Waals surface area contributed by atoms with E-state index in [1.165, 1.54) is 0 Å². The number of aromatic nitrogens is 4. The van der Waals surface area contributed by atoms with Crippen LogP contribution in [-0.4, -0.2) is 19.9 Å². The van der Waals surface area contributed by atoms with E-state index in [1.807, 2.05) is 36.7 Å². The van der Waals surface area contributed by atoms with Crippen LogP contribution in [0.2, 0.25) is 0 Å². The molecule has 0 aliphatic heterocycles. The maximum absolute atomic E-state index is 4.66. The number of hydrogen-bond donors (Lipinski definition) is 1. The SMILES string of the molecule is c1cncc(-c2ccc3c(n2)[nH]c2cnccc23)c1. The van der Waals surface area contributed by atoms with Gasteiger partial charge in [-0.3, -0.25) is 9.97 Å². The summed E-state index contributed by atoms with van der Waals surface area (Å²) in [4.78, 5) is 16.2. The molecule has 90 valence electrons. The highest BCUT2D eigenvalue weighted by Crippen LogP contribution is 2.26. The van der Waals surface area contributed by atoms with Crippen LogP contribution in [0.3, 0.4) is 0 Å². The molecule has 19 heavy (non-hydrogen) atoms. The van der Waals surface area contributed by atoms with Crippen LogP contribution in [0, 0.1) is 0 Å². The van der Waals surface area contributed by atoms with Crippen LogP contribution in [0.25, 0.3) is 33.2 Å². The van der Waals surface area contributed by atoms with Crippen LogP contribution in [0.4, 0.5) is 0 Å². The third kappa shape index (κ3) is 1.57. The summed E-state index contributed by atoms with van der Waals surface area (Å²) >= 11 is 0. The molecule has 0 bridgehead atoms. The lowest BCUT2D eigenvalue weighted by Crippen LogP contribution is -1.84. The molecule has 0 aliphatic carbocycles. The zero-order valence-electron chi connectivity index (χ0n) is 10.0. The van der Waals surface area contributed by atoms with Crippen molar-refractivity contribution in [3.05, 3.63) is 55.1 Å². The molecule has 4 aromatic rings. The van der Waals surface area contributed by atoms with E-state index in [-0.39, 0.29) is 0 Å². The summed E-state index contributed by atoms with van der Waals surface area (Å²) in [6, 6.07) is 10.0. The average molecular weight is 246 g/mol. The molecule has 0 spiro atoms. The van der Waals surface area contributed by atoms with E-state index in [0.717, 1.165) is 33.2 Å². The number of aromatic amines is 1. The van der Waals surface area contributed by atoms with Gasteiger partial charge in [0.25, 0.3) is 0 Å². The third-order valence-corrected chi connectivity index (χ3v) is 3.22. The molecule has 4 heteroatoms. The maximum Gasteiger partial charge on any atom is 0.139 e. The number of hydrogen-bond acceptors (Lipinski definition) is 3. The smallest absolute Gasteiger partial charge is 0.139 e. The fourth-order valence-electron chi connectivity index (χ4n) is 2.30. The molecule has 0 atom stereocenters. The van der Waals surface area contributed by atoms with Crippen LogP contribution in [0.1, 0.15) is 0 Å². The summed E-state index contributed by atoms with van der Waals surface area (Å²) in [5.41, 5.74) is 3.82. The number of H-pyrrole nitrogens is 1. The van der Waals surface area contributed by atoms with Gasteiger partial charge in [-0.05, 0) is 30.3 Å². The zero-order chi connectivity index (χ0) is 12.7. The molecule has 0 unspecified atom stereocenters. The lowest BCUT2D eigenvalue weighted by Gasteiger charge is -1.99. The Morgan fingerprint density at radius 2 is 1.79 bits per heavy atom. The van der Waals surface area contributed by atoms with Gasteiger partial charge in [-0.1, -0.05) is 0 Å². The monoisotopic (exact) mass is 246 g/mol. The lowest BCUT2D eigenvalue weighted by molar-refractivity contribution is 1.29. The van der Waals surface area contributed by atoms with Crippen LogP contribution in [0.5, 0.6) is 0 Å². The van der Waals surface area contributed by atoms with Crippen molar-refractivity contribution in [2.75, 3.05) is 0 Å². The van der Waals surface area contributed by atoms with E-state index in [2.05, 4.69) is 26.0 Å². The molecule has 4 aromatic heterocycles. The Morgan fingerprint density at radius 1 is 0.842 bits per heavy atom. The first-order chi connectivity index (χ1) is 9.42. The van der Waals surface area contributed by atoms with E-state index in [4.69, 9.17) is 0 Å². The van der Waals surface area contributed by atoms with Crippen molar-refractivity contribution in [3.8, 4) is 11.3 Å². The van der Waals surface area contributed by atoms with Crippen molar-refractivity contribution < 1.29 is 0 Å². The summed E-state index contributed by atoms with van der Waals surface area (Å²) in [6.07, 6.45) is 7.19. The van der Waals surface area contributed by atoms with E-state index < -0.39 is 0 Å². The minimum absolute atomic E-state index is 0.879. The molecule has 0 saturated heterocycles. The van der Waals surface area contributed by atoms with Gasteiger partial charge in [0.15, 0.2) is 0 Å². The largest absolute Gasteiger partial charge is 0.338 e. The molecule has 0 amide bonds. The van der Waals surface area contributed by atoms with Crippen LogP contribution in [-0.2, 0) is 0 Å². The van der Waals surface area contributed by atoms with Crippen molar-refractivity contribution in [2.24, 2.45) is 0 Å². The quantitative estimate of drug-likeness (QED) is 0.561. The van der Waals surface area contributed by atoms with Crippen molar-refractivity contribution in [1.82, 2.24) is 19.9 Å². The predicted molar refractivity (Wildman–Crippen MR) is 74.6 cm³/mol. The van der Waals surface area contributed by atoms with Crippen LogP contribution < -0.4 is 0 Å². The summed E-state index contributed by atoms with van der Waals surface area (Å²) in [6.45, 7) is 0. The molecule has 4 rings (SSSR count). The normalized spacial score (nSPS) is 11.2. The first-order valence-corrected chi connectivity index (χ1v) is 6.05. The standard InChI is InChI=1S/C15H10N4/c1-2-10(8-16-6-1)13-4-3-12-11-5-7-17-9-14(11)19-15(12)18-13/h1-9H,(H,18,19). The van der Waals surface area contributed by atoms with E-state index in [9.17, 15) is 0 Å². The van der Waals surface area contributed by atoms with Crippen LogP contribution in [0.15, 0.2) is 55.1 Å². The van der Waals surface area contributed by atoms with E-state index in [1.54, 1.807) is 12.4 Å². The Bertz CT molecular complexity index is 865. The third-order valence-electron chi connectivity index (χ3n) is 3.22. The number of rotatable bonds is 1. The molecular formula is C15H10N4. The first kappa shape index (κ1) is 10.2. The minimum atomic E-state index is 0.879. The van der Waals surface area contributed by atoms with Gasteiger partial charge in [0, 0.05) is 34.9 Å². The minimum Gasteiger partial charge on any atom is -0.338 e. The molecule has 0 fully saturated rings. The second kappa shape index (κ2) is 3.88. The van der Waals surface area contributed by atoms with Gasteiger partial charge in [-0.25, -0.2) is 4.98 Å². The van der Waals surface area contributed by atoms with E-state index in [0.29, 0.717) is 0 Å². The highest BCUT2D eigenvalue weighted by atomic mass is 14.9. The molecule has 0 aromatic carbocycles. The van der Waals surface area contributed by atoms with Gasteiger partial charge in [-0.2, -0.15) is 0 Å². The molecular weight excluding hydrogens is 236 g/mol. The highest BCUT2D eigenvalue weighted by Gasteiger charge is 2.07. The summed E-state index contributed by atoms with van der Waals surface area (Å²) in [5.74, 6) is 0. The van der Waals surface area contributed by atoms with Crippen molar-refractivity contribution in [2.45, 2.75) is 0 Å². The Kier molecular flexibility index (Phi) is 2.08. The van der Waals surface area contributed by atoms with Gasteiger partial charge >= 0.3 is 0 Å². The van der Waals surface area contributed by atoms with Gasteiger partial charge < -0.3 is 4.98 Å². The number of fused-ring (bicyclic) bond motifs is 3. The number of nitrogens with zero attached hydrogens (tertiary/aromatic N) is 3. The average Bonchev–Trinajstić information content (AvgIpc) is 2.86. The van der Waals surface area contributed by atoms with Crippen LogP contribution >= 0.6 is 0 Å². The number of nitrogens with one attached hydrogen (secondary N) is 1. The van der Waals surface area contributed by atoms with E-state index >= 15 is 0 Å². The summed E-state index contributed by atoms with van der Waals surface area (Å²) < 4.78 is 0. The Morgan fingerprint density at radius 3 is 2.68 bits per heavy atom. The molecule has 4 nitrogen and oxygen atoms in total. The molecule has 0 radical (unpaired) electrons. The Labute approximate surface area is 109 Å². The zero-order valence-corrected chi connectivity index (χ0v) is 10.0. The van der Waals surface area contributed by atoms with Crippen molar-refractivity contribution in [3.63, 3.8) is 0 Å². The second-order valence-electron chi connectivity index (χ2n) is 4.38. The summed E-state index contributed by atoms with van der Waals surface area (Å²) in [5, 5.41) is 2.26. The van der Waals surface area contributed by atoms with Gasteiger partial charge in [0.2, 0.25) is 0 Å². The lowest BCUT2D eigenvalue weighted by atomic mass is 10.1. The molecule has 4 heterocycles. The fourth-order valence-corrected chi connectivity index (χ4v) is 2.30. The highest BCUT2D eigenvalue weighted by molar-refractivity contribution is 6.05. The van der Waals surface area contributed by atoms with Crippen molar-refractivity contribution >= 4 is 21.9 Å². The van der Waals surface area contributed by atoms with Gasteiger partial charge in [-0.15, -0.1) is 0 Å². The molecule has 0 aliphatic rings. The Hall–Kier alpha value is -2.75. The second-order valence-corrected chi connectivity index (χ2v) is 4.38. The molecule has 0 saturated carbocycles. The van der Waals surface area contributed by atoms with Gasteiger partial charge in [0.05, 0.1) is 17.4 Å². The maximum atomic E-state index is 4.66. The fraction of sp³-hybridized carbons (Fsp3) is 0. The first-order valence-electron chi connectivity index (χ1n) is 6.05. The molecule has 1 N–H and O–H groups in total. The number of pyridine rings is 3. The topological polar surface area (TPSA) is 54.5 Å². The van der Waals surface area contributed by atoms with Crippen molar-refractivity contribution in [1.29, 1.82) is 0 Å².